The highest BCUT2D eigenvalue weighted by atomic mass is 35.5. The molecule has 0 saturated heterocycles. The average molecular weight is 302 g/mol. The van der Waals surface area contributed by atoms with Crippen molar-refractivity contribution in [2.75, 3.05) is 13.6 Å². The van der Waals surface area contributed by atoms with Gasteiger partial charge in [-0.05, 0) is 6.07 Å². The second-order valence-corrected chi connectivity index (χ2v) is 4.59. The van der Waals surface area contributed by atoms with Crippen molar-refractivity contribution in [1.29, 1.82) is 0 Å². The Morgan fingerprint density at radius 2 is 2.20 bits per heavy atom. The first-order valence-corrected chi connectivity index (χ1v) is 5.90. The van der Waals surface area contributed by atoms with Crippen LogP contribution in [0.1, 0.15) is 17.3 Å². The van der Waals surface area contributed by atoms with Crippen LogP contribution >= 0.6 is 11.6 Å². The molecule has 20 heavy (non-hydrogen) atoms. The first-order chi connectivity index (χ1) is 9.23. The minimum Gasteiger partial charge on any atom is -0.481 e. The molecule has 0 bridgehead atoms. The zero-order valence-corrected chi connectivity index (χ0v) is 11.5. The number of amides is 1. The third-order valence-corrected chi connectivity index (χ3v) is 2.80. The van der Waals surface area contributed by atoms with Crippen LogP contribution in [0.3, 0.4) is 0 Å². The fourth-order valence-electron chi connectivity index (χ4n) is 1.52. The quantitative estimate of drug-likeness (QED) is 0.500. The molecule has 8 nitrogen and oxygen atoms in total. The fourth-order valence-corrected chi connectivity index (χ4v) is 1.67. The SMILES string of the molecule is CC(CN(C)C(=O)c1cc(Cl)ncc1[N+](=O)[O-])C(=O)O. The van der Waals surface area contributed by atoms with Crippen molar-refractivity contribution in [3.63, 3.8) is 0 Å². The number of nitro groups is 1. The van der Waals surface area contributed by atoms with Crippen LogP contribution in [0, 0.1) is 16.0 Å². The lowest BCUT2D eigenvalue weighted by atomic mass is 10.1. The molecular formula is C11H12ClN3O5. The molecule has 0 aliphatic heterocycles. The maximum Gasteiger partial charge on any atom is 0.308 e. The number of hydrogen-bond donors (Lipinski definition) is 1. The lowest BCUT2D eigenvalue weighted by molar-refractivity contribution is -0.385. The molecule has 1 heterocycles. The summed E-state index contributed by atoms with van der Waals surface area (Å²) in [6.45, 7) is 1.35. The van der Waals surface area contributed by atoms with Gasteiger partial charge < -0.3 is 10.0 Å². The van der Waals surface area contributed by atoms with Crippen LogP contribution in [0.2, 0.25) is 5.15 Å². The van der Waals surface area contributed by atoms with Gasteiger partial charge in [0.25, 0.3) is 11.6 Å². The Kier molecular flexibility index (Phi) is 4.98. The number of carboxylic acid groups (broad SMARTS) is 1. The van der Waals surface area contributed by atoms with Crippen molar-refractivity contribution in [2.45, 2.75) is 6.92 Å². The standard InChI is InChI=1S/C11H12ClN3O5/c1-6(11(17)18)5-14(2)10(16)7-3-9(12)13-4-8(7)15(19)20/h3-4,6H,5H2,1-2H3,(H,17,18). The lowest BCUT2D eigenvalue weighted by Gasteiger charge is -2.19. The highest BCUT2D eigenvalue weighted by molar-refractivity contribution is 6.29. The van der Waals surface area contributed by atoms with Gasteiger partial charge in [-0.1, -0.05) is 18.5 Å². The monoisotopic (exact) mass is 301 g/mol. The minimum absolute atomic E-state index is 0.0568. The maximum absolute atomic E-state index is 12.1. The predicted octanol–water partition coefficient (Wildman–Crippen LogP) is 1.44. The van der Waals surface area contributed by atoms with E-state index in [9.17, 15) is 19.7 Å². The van der Waals surface area contributed by atoms with E-state index in [0.717, 1.165) is 17.2 Å². The Morgan fingerprint density at radius 1 is 1.60 bits per heavy atom. The van der Waals surface area contributed by atoms with Gasteiger partial charge in [0, 0.05) is 13.6 Å². The Morgan fingerprint density at radius 3 is 2.70 bits per heavy atom. The van der Waals surface area contributed by atoms with Crippen LogP contribution in [-0.4, -0.2) is 45.4 Å². The van der Waals surface area contributed by atoms with Crippen molar-refractivity contribution >= 4 is 29.2 Å². The van der Waals surface area contributed by atoms with Gasteiger partial charge in [0.15, 0.2) is 0 Å². The molecule has 1 aromatic heterocycles. The zero-order valence-electron chi connectivity index (χ0n) is 10.7. The topological polar surface area (TPSA) is 114 Å². The van der Waals surface area contributed by atoms with E-state index in [0.29, 0.717) is 0 Å². The smallest absolute Gasteiger partial charge is 0.308 e. The van der Waals surface area contributed by atoms with Crippen LogP contribution in [0.5, 0.6) is 0 Å². The number of carbonyl (C=O) groups excluding carboxylic acids is 1. The molecule has 0 spiro atoms. The number of nitrogens with zero attached hydrogens (tertiary/aromatic N) is 3. The van der Waals surface area contributed by atoms with E-state index >= 15 is 0 Å². The molecule has 0 aliphatic rings. The van der Waals surface area contributed by atoms with Gasteiger partial charge in [0.05, 0.1) is 10.8 Å². The first kappa shape index (κ1) is 15.8. The fraction of sp³-hybridized carbons (Fsp3) is 0.364. The second kappa shape index (κ2) is 6.29. The van der Waals surface area contributed by atoms with E-state index in [1.54, 1.807) is 0 Å². The summed E-state index contributed by atoms with van der Waals surface area (Å²) in [5.41, 5.74) is -0.704. The summed E-state index contributed by atoms with van der Waals surface area (Å²) in [7, 11) is 1.36. The van der Waals surface area contributed by atoms with Crippen molar-refractivity contribution in [3.05, 3.63) is 33.1 Å². The van der Waals surface area contributed by atoms with Crippen molar-refractivity contribution < 1.29 is 19.6 Å². The van der Waals surface area contributed by atoms with Gasteiger partial charge in [-0.25, -0.2) is 4.98 Å². The van der Waals surface area contributed by atoms with E-state index in [4.69, 9.17) is 16.7 Å². The molecule has 0 radical (unpaired) electrons. The maximum atomic E-state index is 12.1. The number of rotatable bonds is 5. The summed E-state index contributed by atoms with van der Waals surface area (Å²) in [4.78, 5) is 37.6. The van der Waals surface area contributed by atoms with E-state index in [1.165, 1.54) is 14.0 Å². The molecule has 0 aliphatic carbocycles. The largest absolute Gasteiger partial charge is 0.481 e. The normalized spacial score (nSPS) is 11.8. The third kappa shape index (κ3) is 3.64. The van der Waals surface area contributed by atoms with Crippen LogP contribution in [0.4, 0.5) is 5.69 Å². The summed E-state index contributed by atoms with van der Waals surface area (Å²) in [6, 6.07) is 1.09. The molecule has 0 aromatic carbocycles. The van der Waals surface area contributed by atoms with Gasteiger partial charge >= 0.3 is 5.97 Å². The number of aromatic nitrogens is 1. The summed E-state index contributed by atoms with van der Waals surface area (Å²) in [5, 5.41) is 19.6. The highest BCUT2D eigenvalue weighted by Gasteiger charge is 2.26. The van der Waals surface area contributed by atoms with E-state index in [1.807, 2.05) is 0 Å². The number of carbonyl (C=O) groups is 2. The number of halogens is 1. The number of aliphatic carboxylic acids is 1. The highest BCUT2D eigenvalue weighted by Crippen LogP contribution is 2.22. The average Bonchev–Trinajstić information content (AvgIpc) is 2.36. The number of hydrogen-bond acceptors (Lipinski definition) is 5. The van der Waals surface area contributed by atoms with E-state index < -0.39 is 28.4 Å². The molecule has 1 unspecified atom stereocenters. The zero-order chi connectivity index (χ0) is 15.4. The lowest BCUT2D eigenvalue weighted by Crippen LogP contribution is -2.34. The second-order valence-electron chi connectivity index (χ2n) is 4.21. The summed E-state index contributed by atoms with van der Waals surface area (Å²) >= 11 is 5.63. The molecule has 1 rings (SSSR count). The molecule has 9 heteroatoms. The molecule has 108 valence electrons. The van der Waals surface area contributed by atoms with Gasteiger partial charge in [-0.15, -0.1) is 0 Å². The summed E-state index contributed by atoms with van der Waals surface area (Å²) in [6.07, 6.45) is 0.893. The summed E-state index contributed by atoms with van der Waals surface area (Å²) < 4.78 is 0. The van der Waals surface area contributed by atoms with Crippen LogP contribution < -0.4 is 0 Å². The van der Waals surface area contributed by atoms with Gasteiger partial charge in [-0.3, -0.25) is 19.7 Å². The number of carboxylic acids is 1. The molecule has 1 amide bonds. The van der Waals surface area contributed by atoms with Gasteiger partial charge in [0.2, 0.25) is 0 Å². The molecule has 1 N–H and O–H groups in total. The van der Waals surface area contributed by atoms with E-state index in [2.05, 4.69) is 4.98 Å². The van der Waals surface area contributed by atoms with Crippen LogP contribution in [0.25, 0.3) is 0 Å². The Labute approximate surface area is 119 Å². The summed E-state index contributed by atoms with van der Waals surface area (Å²) in [5.74, 6) is -2.54. The van der Waals surface area contributed by atoms with Gasteiger partial charge in [0.1, 0.15) is 16.9 Å². The Balaban J connectivity index is 3.05. The van der Waals surface area contributed by atoms with Crippen LogP contribution in [-0.2, 0) is 4.79 Å². The minimum atomic E-state index is -1.06. The van der Waals surface area contributed by atoms with Gasteiger partial charge in [-0.2, -0.15) is 0 Å². The predicted molar refractivity (Wildman–Crippen MR) is 69.7 cm³/mol. The molecule has 0 fully saturated rings. The van der Waals surface area contributed by atoms with Crippen molar-refractivity contribution in [3.8, 4) is 0 Å². The van der Waals surface area contributed by atoms with Crippen LogP contribution in [0.15, 0.2) is 12.3 Å². The third-order valence-electron chi connectivity index (χ3n) is 2.59. The Hall–Kier alpha value is -2.22. The first-order valence-electron chi connectivity index (χ1n) is 5.52. The molecule has 1 atom stereocenters. The Bertz CT molecular complexity index is 563. The molecular weight excluding hydrogens is 290 g/mol. The molecule has 0 saturated carbocycles. The number of pyridine rings is 1. The van der Waals surface area contributed by atoms with E-state index in [-0.39, 0.29) is 17.3 Å². The molecule has 1 aromatic rings. The van der Waals surface area contributed by atoms with Crippen molar-refractivity contribution in [1.82, 2.24) is 9.88 Å². The van der Waals surface area contributed by atoms with Crippen molar-refractivity contribution in [2.24, 2.45) is 5.92 Å².